The lowest BCUT2D eigenvalue weighted by atomic mass is 10.2. The van der Waals surface area contributed by atoms with Crippen LogP contribution in [0.5, 0.6) is 0 Å². The maximum atomic E-state index is 12.5. The zero-order valence-corrected chi connectivity index (χ0v) is 13.5. The quantitative estimate of drug-likeness (QED) is 0.883. The van der Waals surface area contributed by atoms with E-state index in [-0.39, 0.29) is 11.9 Å². The highest BCUT2D eigenvalue weighted by atomic mass is 32.1. The topological polar surface area (TPSA) is 45.2 Å². The van der Waals surface area contributed by atoms with Crippen LogP contribution in [0.2, 0.25) is 0 Å². The van der Waals surface area contributed by atoms with E-state index in [0.29, 0.717) is 5.69 Å². The van der Waals surface area contributed by atoms with Gasteiger partial charge in [0.15, 0.2) is 0 Å². The van der Waals surface area contributed by atoms with Crippen LogP contribution < -0.4 is 5.32 Å². The summed E-state index contributed by atoms with van der Waals surface area (Å²) < 4.78 is 0. The summed E-state index contributed by atoms with van der Waals surface area (Å²) in [5, 5.41) is 5.23. The van der Waals surface area contributed by atoms with Crippen molar-refractivity contribution < 1.29 is 4.79 Å². The molecule has 0 radical (unpaired) electrons. The maximum absolute atomic E-state index is 12.5. The van der Waals surface area contributed by atoms with Gasteiger partial charge in [0.25, 0.3) is 5.91 Å². The molecule has 0 aliphatic heterocycles. The minimum absolute atomic E-state index is 0.0477. The first kappa shape index (κ1) is 15.5. The van der Waals surface area contributed by atoms with Crippen molar-refractivity contribution in [3.63, 3.8) is 0 Å². The van der Waals surface area contributed by atoms with Crippen molar-refractivity contribution in [2.24, 2.45) is 0 Å². The molecule has 2 rings (SSSR count). The number of carbonyl (C=O) groups excluding carboxylic acids is 1. The number of thiophene rings is 1. The SMILES string of the molecule is CCCNc1cccc(C(=O)N(C)C(C)c2cccs2)n1. The summed E-state index contributed by atoms with van der Waals surface area (Å²) in [5.74, 6) is 0.691. The van der Waals surface area contributed by atoms with Crippen LogP contribution in [0.25, 0.3) is 0 Å². The molecule has 0 spiro atoms. The third-order valence-electron chi connectivity index (χ3n) is 3.38. The van der Waals surface area contributed by atoms with E-state index in [9.17, 15) is 4.79 Å². The lowest BCUT2D eigenvalue weighted by Gasteiger charge is -2.23. The molecule has 112 valence electrons. The van der Waals surface area contributed by atoms with Crippen molar-refractivity contribution in [1.29, 1.82) is 0 Å². The fourth-order valence-corrected chi connectivity index (χ4v) is 2.81. The van der Waals surface area contributed by atoms with Crippen LogP contribution in [0, 0.1) is 0 Å². The Hall–Kier alpha value is -1.88. The molecule has 1 atom stereocenters. The number of pyridine rings is 1. The van der Waals surface area contributed by atoms with Crippen LogP contribution in [0.3, 0.4) is 0 Å². The lowest BCUT2D eigenvalue weighted by molar-refractivity contribution is 0.0739. The predicted octanol–water partition coefficient (Wildman–Crippen LogP) is 3.80. The Labute approximate surface area is 129 Å². The summed E-state index contributed by atoms with van der Waals surface area (Å²) in [7, 11) is 1.82. The highest BCUT2D eigenvalue weighted by Crippen LogP contribution is 2.24. The van der Waals surface area contributed by atoms with Crippen LogP contribution in [0.15, 0.2) is 35.7 Å². The zero-order valence-electron chi connectivity index (χ0n) is 12.7. The molecular weight excluding hydrogens is 282 g/mol. The van der Waals surface area contributed by atoms with E-state index < -0.39 is 0 Å². The van der Waals surface area contributed by atoms with Crippen LogP contribution in [-0.2, 0) is 0 Å². The van der Waals surface area contributed by atoms with Crippen molar-refractivity contribution in [1.82, 2.24) is 9.88 Å². The predicted molar refractivity (Wildman–Crippen MR) is 87.8 cm³/mol. The fraction of sp³-hybridized carbons (Fsp3) is 0.375. The molecule has 0 aliphatic carbocycles. The molecule has 0 saturated carbocycles. The van der Waals surface area contributed by atoms with Crippen molar-refractivity contribution in [3.8, 4) is 0 Å². The molecule has 4 nitrogen and oxygen atoms in total. The largest absolute Gasteiger partial charge is 0.370 e. The normalized spacial score (nSPS) is 12.0. The van der Waals surface area contributed by atoms with Gasteiger partial charge in [0.2, 0.25) is 0 Å². The highest BCUT2D eigenvalue weighted by molar-refractivity contribution is 7.10. The Bertz CT molecular complexity index is 583. The summed E-state index contributed by atoms with van der Waals surface area (Å²) >= 11 is 1.66. The summed E-state index contributed by atoms with van der Waals surface area (Å²) in [6.07, 6.45) is 1.02. The van der Waals surface area contributed by atoms with Crippen LogP contribution in [0.1, 0.15) is 41.7 Å². The Balaban J connectivity index is 2.11. The number of hydrogen-bond acceptors (Lipinski definition) is 4. The van der Waals surface area contributed by atoms with Gasteiger partial charge in [-0.25, -0.2) is 4.98 Å². The number of carbonyl (C=O) groups is 1. The Morgan fingerprint density at radius 1 is 1.38 bits per heavy atom. The van der Waals surface area contributed by atoms with Crippen molar-refractivity contribution in [3.05, 3.63) is 46.3 Å². The Morgan fingerprint density at radius 3 is 2.86 bits per heavy atom. The second kappa shape index (κ2) is 7.22. The summed E-state index contributed by atoms with van der Waals surface area (Å²) in [4.78, 5) is 19.8. The van der Waals surface area contributed by atoms with Gasteiger partial charge in [-0.1, -0.05) is 19.1 Å². The van der Waals surface area contributed by atoms with Crippen LogP contribution >= 0.6 is 11.3 Å². The molecule has 2 aromatic heterocycles. The standard InChI is InChI=1S/C16H21N3OS/c1-4-10-17-15-9-5-7-13(18-15)16(20)19(3)12(2)14-8-6-11-21-14/h5-9,11-12H,4,10H2,1-3H3,(H,17,18). The van der Waals surface area contributed by atoms with Crippen molar-refractivity contribution >= 4 is 23.1 Å². The second-order valence-electron chi connectivity index (χ2n) is 4.94. The van der Waals surface area contributed by atoms with E-state index in [1.807, 2.05) is 43.6 Å². The average molecular weight is 303 g/mol. The third kappa shape index (κ3) is 3.82. The van der Waals surface area contributed by atoms with Gasteiger partial charge in [-0.2, -0.15) is 0 Å². The first-order chi connectivity index (χ1) is 10.1. The zero-order chi connectivity index (χ0) is 15.2. The monoisotopic (exact) mass is 303 g/mol. The number of anilines is 1. The van der Waals surface area contributed by atoms with E-state index in [0.717, 1.165) is 18.8 Å². The van der Waals surface area contributed by atoms with Crippen LogP contribution in [-0.4, -0.2) is 29.4 Å². The fourth-order valence-electron chi connectivity index (χ4n) is 1.98. The minimum Gasteiger partial charge on any atom is -0.370 e. The van der Waals surface area contributed by atoms with E-state index in [1.54, 1.807) is 22.3 Å². The lowest BCUT2D eigenvalue weighted by Crippen LogP contribution is -2.30. The van der Waals surface area contributed by atoms with Gasteiger partial charge in [0, 0.05) is 18.5 Å². The summed E-state index contributed by atoms with van der Waals surface area (Å²) in [6.45, 7) is 4.98. The van der Waals surface area contributed by atoms with Gasteiger partial charge in [-0.3, -0.25) is 4.79 Å². The average Bonchev–Trinajstić information content (AvgIpc) is 3.05. The van der Waals surface area contributed by atoms with Crippen molar-refractivity contribution in [2.75, 3.05) is 18.9 Å². The maximum Gasteiger partial charge on any atom is 0.272 e. The smallest absolute Gasteiger partial charge is 0.272 e. The first-order valence-corrected chi connectivity index (χ1v) is 8.03. The van der Waals surface area contributed by atoms with E-state index in [2.05, 4.69) is 17.2 Å². The van der Waals surface area contributed by atoms with Gasteiger partial charge >= 0.3 is 0 Å². The van der Waals surface area contributed by atoms with Crippen molar-refractivity contribution in [2.45, 2.75) is 26.3 Å². The second-order valence-corrected chi connectivity index (χ2v) is 5.92. The number of amides is 1. The van der Waals surface area contributed by atoms with E-state index >= 15 is 0 Å². The number of nitrogens with one attached hydrogen (secondary N) is 1. The third-order valence-corrected chi connectivity index (χ3v) is 4.42. The molecule has 5 heteroatoms. The Morgan fingerprint density at radius 2 is 2.19 bits per heavy atom. The van der Waals surface area contributed by atoms with Crippen LogP contribution in [0.4, 0.5) is 5.82 Å². The summed E-state index contributed by atoms with van der Waals surface area (Å²) in [5.41, 5.74) is 0.474. The minimum atomic E-state index is -0.0592. The molecule has 0 saturated heterocycles. The first-order valence-electron chi connectivity index (χ1n) is 7.15. The highest BCUT2D eigenvalue weighted by Gasteiger charge is 2.20. The van der Waals surface area contributed by atoms with Gasteiger partial charge in [-0.15, -0.1) is 11.3 Å². The number of rotatable bonds is 6. The Kier molecular flexibility index (Phi) is 5.33. The summed E-state index contributed by atoms with van der Waals surface area (Å²) in [6, 6.07) is 9.61. The van der Waals surface area contributed by atoms with E-state index in [4.69, 9.17) is 0 Å². The molecule has 21 heavy (non-hydrogen) atoms. The molecule has 2 heterocycles. The molecule has 1 amide bonds. The molecule has 0 aromatic carbocycles. The molecular formula is C16H21N3OS. The van der Waals surface area contributed by atoms with Gasteiger partial charge in [0.1, 0.15) is 11.5 Å². The van der Waals surface area contributed by atoms with Gasteiger partial charge in [0.05, 0.1) is 6.04 Å². The number of nitrogens with zero attached hydrogens (tertiary/aromatic N) is 2. The van der Waals surface area contributed by atoms with Gasteiger partial charge in [-0.05, 0) is 36.9 Å². The number of aromatic nitrogens is 1. The molecule has 1 unspecified atom stereocenters. The molecule has 0 aliphatic rings. The molecule has 0 fully saturated rings. The molecule has 1 N–H and O–H groups in total. The van der Waals surface area contributed by atoms with Gasteiger partial charge < -0.3 is 10.2 Å². The number of hydrogen-bond donors (Lipinski definition) is 1. The molecule has 0 bridgehead atoms. The van der Waals surface area contributed by atoms with E-state index in [1.165, 1.54) is 4.88 Å². The molecule has 2 aromatic rings.